The van der Waals surface area contributed by atoms with Crippen molar-refractivity contribution in [1.29, 1.82) is 0 Å². The minimum atomic E-state index is -4.42. The van der Waals surface area contributed by atoms with E-state index in [-0.39, 0.29) is 16.6 Å². The minimum Gasteiger partial charge on any atom is -0.465 e. The number of rotatable bonds is 0. The van der Waals surface area contributed by atoms with Crippen molar-refractivity contribution in [3.05, 3.63) is 27.7 Å². The molecule has 2 unspecified atom stereocenters. The normalized spacial score (nSPS) is 24.2. The number of alkyl halides is 3. The van der Waals surface area contributed by atoms with Gasteiger partial charge < -0.3 is 14.9 Å². The zero-order valence-electron chi connectivity index (χ0n) is 11.7. The second-order valence-corrected chi connectivity index (χ2v) is 6.61. The topological polar surface area (TPSA) is 43.8 Å². The maximum absolute atomic E-state index is 13.1. The van der Waals surface area contributed by atoms with E-state index >= 15 is 0 Å². The molecule has 0 radical (unpaired) electrons. The summed E-state index contributed by atoms with van der Waals surface area (Å²) in [6, 6.07) is 2.42. The molecule has 22 heavy (non-hydrogen) atoms. The average Bonchev–Trinajstić information content (AvgIpc) is 2.73. The molecule has 2 aliphatic rings. The highest BCUT2D eigenvalue weighted by Gasteiger charge is 2.42. The molecule has 0 spiro atoms. The van der Waals surface area contributed by atoms with Gasteiger partial charge in [0.05, 0.1) is 11.6 Å². The molecule has 1 amide bonds. The summed E-state index contributed by atoms with van der Waals surface area (Å²) in [6.07, 6.45) is -4.85. The predicted molar refractivity (Wildman–Crippen MR) is 78.2 cm³/mol. The second-order valence-electron chi connectivity index (χ2n) is 5.76. The lowest BCUT2D eigenvalue weighted by Gasteiger charge is -2.42. The van der Waals surface area contributed by atoms with E-state index in [4.69, 9.17) is 5.11 Å². The molecule has 120 valence electrons. The maximum Gasteiger partial charge on any atom is 0.417 e. The van der Waals surface area contributed by atoms with Crippen molar-refractivity contribution >= 4 is 27.7 Å². The smallest absolute Gasteiger partial charge is 0.417 e. The van der Waals surface area contributed by atoms with Gasteiger partial charge in [-0.2, -0.15) is 13.2 Å². The van der Waals surface area contributed by atoms with Crippen LogP contribution in [0.1, 0.15) is 18.1 Å². The summed E-state index contributed by atoms with van der Waals surface area (Å²) in [5.41, 5.74) is 0.696. The van der Waals surface area contributed by atoms with Gasteiger partial charge in [-0.05, 0) is 31.0 Å². The molecular weight excluding hydrogens is 365 g/mol. The van der Waals surface area contributed by atoms with E-state index < -0.39 is 17.8 Å². The van der Waals surface area contributed by atoms with Gasteiger partial charge in [-0.15, -0.1) is 0 Å². The first kappa shape index (κ1) is 15.5. The molecule has 1 aromatic rings. The van der Waals surface area contributed by atoms with E-state index in [0.29, 0.717) is 25.2 Å². The molecule has 8 heteroatoms. The van der Waals surface area contributed by atoms with Crippen LogP contribution in [0.15, 0.2) is 16.6 Å². The predicted octanol–water partition coefficient (Wildman–Crippen LogP) is 3.58. The Bertz CT molecular complexity index is 635. The minimum absolute atomic E-state index is 0.0290. The zero-order chi connectivity index (χ0) is 16.2. The molecule has 2 heterocycles. The van der Waals surface area contributed by atoms with Crippen LogP contribution in [-0.2, 0) is 12.6 Å². The fraction of sp³-hybridized carbons (Fsp3) is 0.500. The highest BCUT2D eigenvalue weighted by molar-refractivity contribution is 9.10. The number of hydrogen-bond acceptors (Lipinski definition) is 2. The van der Waals surface area contributed by atoms with Crippen molar-refractivity contribution in [2.75, 3.05) is 18.0 Å². The SMILES string of the molecule is CC1CN(C(=O)O)CC2Cc3cc(Br)c(C(F)(F)F)cc3N12. The van der Waals surface area contributed by atoms with Crippen molar-refractivity contribution in [2.24, 2.45) is 0 Å². The van der Waals surface area contributed by atoms with Gasteiger partial charge in [0.15, 0.2) is 0 Å². The second kappa shape index (κ2) is 5.04. The Morgan fingerprint density at radius 1 is 1.36 bits per heavy atom. The van der Waals surface area contributed by atoms with Crippen molar-refractivity contribution in [2.45, 2.75) is 31.6 Å². The molecule has 1 fully saturated rings. The number of halogens is 4. The monoisotopic (exact) mass is 378 g/mol. The molecule has 0 bridgehead atoms. The molecule has 0 saturated carbocycles. The number of piperazine rings is 1. The molecule has 0 aromatic heterocycles. The van der Waals surface area contributed by atoms with Crippen molar-refractivity contribution in [1.82, 2.24) is 4.90 Å². The number of anilines is 1. The van der Waals surface area contributed by atoms with Crippen LogP contribution in [0.3, 0.4) is 0 Å². The Hall–Kier alpha value is -1.44. The van der Waals surface area contributed by atoms with Crippen molar-refractivity contribution < 1.29 is 23.1 Å². The van der Waals surface area contributed by atoms with Crippen LogP contribution in [0.4, 0.5) is 23.7 Å². The summed E-state index contributed by atoms with van der Waals surface area (Å²) in [5.74, 6) is 0. The van der Waals surface area contributed by atoms with Gasteiger partial charge in [0.1, 0.15) is 0 Å². The Morgan fingerprint density at radius 2 is 2.05 bits per heavy atom. The van der Waals surface area contributed by atoms with Crippen LogP contribution in [-0.4, -0.2) is 41.3 Å². The van der Waals surface area contributed by atoms with Crippen molar-refractivity contribution in [3.8, 4) is 0 Å². The molecular formula is C14H14BrF3N2O2. The molecule has 1 aromatic carbocycles. The quantitative estimate of drug-likeness (QED) is 0.750. The summed E-state index contributed by atoms with van der Waals surface area (Å²) >= 11 is 2.99. The van der Waals surface area contributed by atoms with Crippen LogP contribution in [0.2, 0.25) is 0 Å². The van der Waals surface area contributed by atoms with E-state index in [0.717, 1.165) is 5.56 Å². The molecule has 2 atom stereocenters. The highest BCUT2D eigenvalue weighted by atomic mass is 79.9. The molecule has 1 saturated heterocycles. The van der Waals surface area contributed by atoms with Gasteiger partial charge in [0, 0.05) is 29.3 Å². The van der Waals surface area contributed by atoms with E-state index in [1.54, 1.807) is 0 Å². The molecule has 3 rings (SSSR count). The highest BCUT2D eigenvalue weighted by Crippen LogP contribution is 2.44. The first-order valence-corrected chi connectivity index (χ1v) is 7.63. The lowest BCUT2D eigenvalue weighted by molar-refractivity contribution is -0.138. The van der Waals surface area contributed by atoms with E-state index in [9.17, 15) is 18.0 Å². The first-order valence-electron chi connectivity index (χ1n) is 6.84. The summed E-state index contributed by atoms with van der Waals surface area (Å²) < 4.78 is 39.2. The number of carboxylic acid groups (broad SMARTS) is 1. The number of benzene rings is 1. The number of carbonyl (C=O) groups is 1. The van der Waals surface area contributed by atoms with Gasteiger partial charge in [-0.1, -0.05) is 15.9 Å². The van der Waals surface area contributed by atoms with Gasteiger partial charge >= 0.3 is 12.3 Å². The summed E-state index contributed by atoms with van der Waals surface area (Å²) in [7, 11) is 0. The lowest BCUT2D eigenvalue weighted by Crippen LogP contribution is -2.57. The Labute approximate surface area is 133 Å². The van der Waals surface area contributed by atoms with E-state index in [1.165, 1.54) is 17.0 Å². The Balaban J connectivity index is 1.99. The third kappa shape index (κ3) is 2.43. The summed E-state index contributed by atoms with van der Waals surface area (Å²) in [5, 5.41) is 9.14. The molecule has 0 aliphatic carbocycles. The average molecular weight is 379 g/mol. The largest absolute Gasteiger partial charge is 0.465 e. The van der Waals surface area contributed by atoms with Gasteiger partial charge in [-0.25, -0.2) is 4.79 Å². The van der Waals surface area contributed by atoms with Crippen LogP contribution in [0, 0.1) is 0 Å². The van der Waals surface area contributed by atoms with Gasteiger partial charge in [0.25, 0.3) is 0 Å². The third-order valence-corrected chi connectivity index (χ3v) is 4.92. The van der Waals surface area contributed by atoms with Crippen LogP contribution in [0.5, 0.6) is 0 Å². The number of fused-ring (bicyclic) bond motifs is 3. The van der Waals surface area contributed by atoms with Crippen molar-refractivity contribution in [3.63, 3.8) is 0 Å². The van der Waals surface area contributed by atoms with Gasteiger partial charge in [0.2, 0.25) is 0 Å². The third-order valence-electron chi connectivity index (χ3n) is 4.26. The standard InChI is InChI=1S/C14H14BrF3N2O2/c1-7-5-19(13(21)22)6-9-2-8-3-11(15)10(14(16,17)18)4-12(8)20(7)9/h3-4,7,9H,2,5-6H2,1H3,(H,21,22). The van der Waals surface area contributed by atoms with Crippen LogP contribution in [0.25, 0.3) is 0 Å². The Morgan fingerprint density at radius 3 is 2.64 bits per heavy atom. The van der Waals surface area contributed by atoms with Crippen LogP contribution < -0.4 is 4.90 Å². The maximum atomic E-state index is 13.1. The first-order chi connectivity index (χ1) is 10.2. The summed E-state index contributed by atoms with van der Waals surface area (Å²) in [6.45, 7) is 2.45. The fourth-order valence-electron chi connectivity index (χ4n) is 3.41. The number of hydrogen-bond donors (Lipinski definition) is 1. The lowest BCUT2D eigenvalue weighted by atomic mass is 10.1. The molecule has 2 aliphatic heterocycles. The molecule has 1 N–H and O–H groups in total. The van der Waals surface area contributed by atoms with E-state index in [1.807, 2.05) is 11.8 Å². The Kier molecular flexibility index (Phi) is 3.54. The number of nitrogens with zero attached hydrogens (tertiary/aromatic N) is 2. The van der Waals surface area contributed by atoms with E-state index in [2.05, 4.69) is 15.9 Å². The van der Waals surface area contributed by atoms with Gasteiger partial charge in [-0.3, -0.25) is 0 Å². The zero-order valence-corrected chi connectivity index (χ0v) is 13.3. The number of amides is 1. The van der Waals surface area contributed by atoms with Crippen LogP contribution >= 0.6 is 15.9 Å². The summed E-state index contributed by atoms with van der Waals surface area (Å²) in [4.78, 5) is 14.4. The fourth-order valence-corrected chi connectivity index (χ4v) is 4.03. The molecule has 4 nitrogen and oxygen atoms in total.